The number of nitrogens with zero attached hydrogens (tertiary/aromatic N) is 3. The Balaban J connectivity index is 1.71. The molecule has 1 saturated heterocycles. The molecule has 2 aromatic heterocycles. The van der Waals surface area contributed by atoms with Crippen LogP contribution in [-0.4, -0.2) is 51.1 Å². The third kappa shape index (κ3) is 2.54. The highest BCUT2D eigenvalue weighted by atomic mass is 16.2. The molecule has 1 aliphatic rings. The van der Waals surface area contributed by atoms with Crippen molar-refractivity contribution in [2.24, 2.45) is 7.05 Å². The van der Waals surface area contributed by atoms with Crippen molar-refractivity contribution in [1.29, 1.82) is 0 Å². The lowest BCUT2D eigenvalue weighted by atomic mass is 10.2. The van der Waals surface area contributed by atoms with Crippen LogP contribution in [0.4, 0.5) is 0 Å². The zero-order valence-electron chi connectivity index (χ0n) is 12.0. The first-order chi connectivity index (χ1) is 10.0. The van der Waals surface area contributed by atoms with E-state index in [2.05, 4.69) is 15.5 Å². The van der Waals surface area contributed by atoms with Gasteiger partial charge in [0.05, 0.1) is 5.69 Å². The van der Waals surface area contributed by atoms with Crippen molar-refractivity contribution in [1.82, 2.24) is 25.0 Å². The summed E-state index contributed by atoms with van der Waals surface area (Å²) >= 11 is 0. The van der Waals surface area contributed by atoms with Crippen molar-refractivity contribution in [2.45, 2.75) is 12.5 Å². The minimum atomic E-state index is -0.439. The standard InChI is InChI=1S/C14H17N5O2/c1-18-5-3-9(8-18)11-7-12(17-16-11)13(20)15-10-4-6-19(2)14(10)21/h3,5,7-8,10H,4,6H2,1-2H3,(H,15,20)(H,16,17). The highest BCUT2D eigenvalue weighted by molar-refractivity contribution is 5.97. The minimum Gasteiger partial charge on any atom is -0.357 e. The van der Waals surface area contributed by atoms with Crippen LogP contribution in [0.15, 0.2) is 24.5 Å². The van der Waals surface area contributed by atoms with Crippen LogP contribution in [0, 0.1) is 0 Å². The van der Waals surface area contributed by atoms with Gasteiger partial charge >= 0.3 is 0 Å². The van der Waals surface area contributed by atoms with Crippen LogP contribution in [-0.2, 0) is 11.8 Å². The summed E-state index contributed by atoms with van der Waals surface area (Å²) in [6.07, 6.45) is 4.48. The number of H-pyrrole nitrogens is 1. The van der Waals surface area contributed by atoms with Crippen LogP contribution in [0.5, 0.6) is 0 Å². The van der Waals surface area contributed by atoms with Crippen LogP contribution < -0.4 is 5.32 Å². The molecule has 0 radical (unpaired) electrons. The van der Waals surface area contributed by atoms with Crippen molar-refractivity contribution in [3.63, 3.8) is 0 Å². The quantitative estimate of drug-likeness (QED) is 0.856. The topological polar surface area (TPSA) is 83.0 Å². The molecule has 1 aliphatic heterocycles. The molecule has 1 unspecified atom stereocenters. The summed E-state index contributed by atoms with van der Waals surface area (Å²) in [5.74, 6) is -0.357. The summed E-state index contributed by atoms with van der Waals surface area (Å²) in [5, 5.41) is 9.59. The fourth-order valence-corrected chi connectivity index (χ4v) is 2.43. The van der Waals surface area contributed by atoms with Crippen LogP contribution in [0.25, 0.3) is 11.3 Å². The fourth-order valence-electron chi connectivity index (χ4n) is 2.43. The molecule has 2 N–H and O–H groups in total. The number of carbonyl (C=O) groups excluding carboxylic acids is 2. The van der Waals surface area contributed by atoms with Gasteiger partial charge in [-0.25, -0.2) is 0 Å². The molecule has 1 fully saturated rings. The third-order valence-electron chi connectivity index (χ3n) is 3.68. The molecule has 0 aliphatic carbocycles. The SMILES string of the molecule is CN1CCC(NC(=O)c2cc(-c3ccn(C)c3)n[nH]2)C1=O. The lowest BCUT2D eigenvalue weighted by molar-refractivity contribution is -0.128. The second-order valence-electron chi connectivity index (χ2n) is 5.31. The molecule has 1 atom stereocenters. The lowest BCUT2D eigenvalue weighted by Gasteiger charge is -2.11. The van der Waals surface area contributed by atoms with Gasteiger partial charge in [-0.15, -0.1) is 0 Å². The first kappa shape index (κ1) is 13.4. The van der Waals surface area contributed by atoms with Crippen LogP contribution in [0.3, 0.4) is 0 Å². The largest absolute Gasteiger partial charge is 0.357 e. The van der Waals surface area contributed by atoms with Crippen molar-refractivity contribution in [2.75, 3.05) is 13.6 Å². The number of hydrogen-bond donors (Lipinski definition) is 2. The van der Waals surface area contributed by atoms with E-state index in [0.717, 1.165) is 5.56 Å². The maximum atomic E-state index is 12.1. The summed E-state index contributed by atoms with van der Waals surface area (Å²) in [4.78, 5) is 25.5. The summed E-state index contributed by atoms with van der Waals surface area (Å²) in [6.45, 7) is 0.669. The maximum absolute atomic E-state index is 12.1. The first-order valence-electron chi connectivity index (χ1n) is 6.78. The van der Waals surface area contributed by atoms with Crippen molar-refractivity contribution >= 4 is 11.8 Å². The second kappa shape index (κ2) is 5.08. The zero-order valence-corrected chi connectivity index (χ0v) is 12.0. The average molecular weight is 287 g/mol. The van der Waals surface area contributed by atoms with Gasteiger partial charge in [0, 0.05) is 38.6 Å². The van der Waals surface area contributed by atoms with Crippen LogP contribution in [0.1, 0.15) is 16.9 Å². The summed E-state index contributed by atoms with van der Waals surface area (Å²) in [5.41, 5.74) is 2.00. The molecule has 0 saturated carbocycles. The first-order valence-corrected chi connectivity index (χ1v) is 6.78. The number of rotatable bonds is 3. The highest BCUT2D eigenvalue weighted by Gasteiger charge is 2.30. The van der Waals surface area contributed by atoms with E-state index in [-0.39, 0.29) is 11.8 Å². The molecule has 21 heavy (non-hydrogen) atoms. The Morgan fingerprint density at radius 3 is 2.90 bits per heavy atom. The molecular formula is C14H17N5O2. The Hall–Kier alpha value is -2.57. The predicted octanol–water partition coefficient (Wildman–Crippen LogP) is 0.376. The number of nitrogens with one attached hydrogen (secondary N) is 2. The van der Waals surface area contributed by atoms with E-state index in [1.165, 1.54) is 0 Å². The molecular weight excluding hydrogens is 270 g/mol. The van der Waals surface area contributed by atoms with E-state index in [1.807, 2.05) is 30.1 Å². The van der Waals surface area contributed by atoms with Gasteiger partial charge in [-0.05, 0) is 18.6 Å². The minimum absolute atomic E-state index is 0.0499. The van der Waals surface area contributed by atoms with Crippen LogP contribution in [0.2, 0.25) is 0 Å². The van der Waals surface area contributed by atoms with Gasteiger partial charge in [-0.3, -0.25) is 14.7 Å². The molecule has 7 heteroatoms. The maximum Gasteiger partial charge on any atom is 0.269 e. The van der Waals surface area contributed by atoms with Crippen molar-refractivity contribution < 1.29 is 9.59 Å². The Kier molecular flexibility index (Phi) is 3.25. The smallest absolute Gasteiger partial charge is 0.269 e. The number of likely N-dealkylation sites (N-methyl/N-ethyl adjacent to an activating group) is 1. The second-order valence-corrected chi connectivity index (χ2v) is 5.31. The van der Waals surface area contributed by atoms with Gasteiger partial charge in [-0.1, -0.05) is 0 Å². The molecule has 0 aromatic carbocycles. The summed E-state index contributed by atoms with van der Waals surface area (Å²) in [6, 6.07) is 3.17. The molecule has 3 heterocycles. The Morgan fingerprint density at radius 1 is 1.48 bits per heavy atom. The number of likely N-dealkylation sites (tertiary alicyclic amines) is 1. The lowest BCUT2D eigenvalue weighted by Crippen LogP contribution is -2.40. The Labute approximate surface area is 121 Å². The van der Waals surface area contributed by atoms with Crippen LogP contribution >= 0.6 is 0 Å². The van der Waals surface area contributed by atoms with E-state index < -0.39 is 6.04 Å². The number of aryl methyl sites for hydroxylation is 1. The van der Waals surface area contributed by atoms with Gasteiger partial charge in [0.2, 0.25) is 5.91 Å². The van der Waals surface area contributed by atoms with Crippen molar-refractivity contribution in [3.05, 3.63) is 30.2 Å². The summed E-state index contributed by atoms with van der Waals surface area (Å²) in [7, 11) is 3.66. The molecule has 2 amide bonds. The zero-order chi connectivity index (χ0) is 15.0. The number of carbonyl (C=O) groups is 2. The van der Waals surface area contributed by atoms with Gasteiger partial charge in [-0.2, -0.15) is 5.10 Å². The predicted molar refractivity (Wildman–Crippen MR) is 76.5 cm³/mol. The molecule has 0 bridgehead atoms. The highest BCUT2D eigenvalue weighted by Crippen LogP contribution is 2.18. The summed E-state index contributed by atoms with van der Waals surface area (Å²) < 4.78 is 1.91. The van der Waals surface area contributed by atoms with Gasteiger partial charge in [0.15, 0.2) is 0 Å². The van der Waals surface area contributed by atoms with Crippen molar-refractivity contribution in [3.8, 4) is 11.3 Å². The van der Waals surface area contributed by atoms with Gasteiger partial charge < -0.3 is 14.8 Å². The Bertz CT molecular complexity index is 687. The Morgan fingerprint density at radius 2 is 2.29 bits per heavy atom. The fraction of sp³-hybridized carbons (Fsp3) is 0.357. The number of hydrogen-bond acceptors (Lipinski definition) is 3. The third-order valence-corrected chi connectivity index (χ3v) is 3.68. The molecule has 110 valence electrons. The van der Waals surface area contributed by atoms with E-state index in [0.29, 0.717) is 24.4 Å². The normalized spacial score (nSPS) is 18.3. The number of amides is 2. The number of aromatic amines is 1. The van der Waals surface area contributed by atoms with E-state index in [9.17, 15) is 9.59 Å². The van der Waals surface area contributed by atoms with E-state index in [1.54, 1.807) is 18.0 Å². The van der Waals surface area contributed by atoms with Gasteiger partial charge in [0.25, 0.3) is 5.91 Å². The molecule has 7 nitrogen and oxygen atoms in total. The average Bonchev–Trinajstić information content (AvgIpc) is 3.15. The number of aromatic nitrogens is 3. The van der Waals surface area contributed by atoms with E-state index >= 15 is 0 Å². The monoisotopic (exact) mass is 287 g/mol. The van der Waals surface area contributed by atoms with Gasteiger partial charge in [0.1, 0.15) is 11.7 Å². The van der Waals surface area contributed by atoms with E-state index in [4.69, 9.17) is 0 Å². The molecule has 0 spiro atoms. The molecule has 3 rings (SSSR count). The molecule has 2 aromatic rings.